The quantitative estimate of drug-likeness (QED) is 0.253. The average molecular weight is 481 g/mol. The topological polar surface area (TPSA) is 45.6 Å². The Labute approximate surface area is 172 Å². The van der Waals surface area contributed by atoms with E-state index in [1.165, 1.54) is 31.7 Å². The zero-order valence-corrected chi connectivity index (χ0v) is 17.9. The molecular formula is C19H30F2IN3O. The summed E-state index contributed by atoms with van der Waals surface area (Å²) < 4.78 is 32.5. The Kier molecular flexibility index (Phi) is 10.4. The number of benzene rings is 1. The first kappa shape index (κ1) is 23.1. The van der Waals surface area contributed by atoms with E-state index in [2.05, 4.69) is 15.6 Å². The van der Waals surface area contributed by atoms with Gasteiger partial charge in [0.2, 0.25) is 0 Å². The highest BCUT2D eigenvalue weighted by atomic mass is 127. The highest BCUT2D eigenvalue weighted by Crippen LogP contribution is 2.40. The van der Waals surface area contributed by atoms with Crippen LogP contribution in [0.2, 0.25) is 0 Å². The first-order chi connectivity index (χ1) is 12.1. The monoisotopic (exact) mass is 481 g/mol. The third-order valence-corrected chi connectivity index (χ3v) is 4.95. The van der Waals surface area contributed by atoms with Crippen LogP contribution in [0.3, 0.4) is 0 Å². The number of hydrogen-bond acceptors (Lipinski definition) is 2. The molecule has 1 saturated carbocycles. The third-order valence-electron chi connectivity index (χ3n) is 4.95. The molecule has 7 heteroatoms. The maximum atomic E-state index is 13.7. The minimum atomic E-state index is -0.443. The lowest BCUT2D eigenvalue weighted by atomic mass is 9.83. The molecular weight excluding hydrogens is 451 g/mol. The van der Waals surface area contributed by atoms with Crippen LogP contribution in [0.4, 0.5) is 8.78 Å². The molecule has 1 fully saturated rings. The summed E-state index contributed by atoms with van der Waals surface area (Å²) in [6, 6.07) is 3.47. The number of nitrogens with one attached hydrogen (secondary N) is 2. The van der Waals surface area contributed by atoms with E-state index in [9.17, 15) is 8.78 Å². The van der Waals surface area contributed by atoms with E-state index in [0.717, 1.165) is 38.3 Å². The van der Waals surface area contributed by atoms with Gasteiger partial charge in [-0.15, -0.1) is 24.0 Å². The van der Waals surface area contributed by atoms with Crippen LogP contribution in [0, 0.1) is 17.0 Å². The normalized spacial score (nSPS) is 16.2. The molecule has 0 spiro atoms. The van der Waals surface area contributed by atoms with Gasteiger partial charge >= 0.3 is 0 Å². The molecule has 0 bridgehead atoms. The SMILES string of the molecule is CCOCCC1(CNC(=NC)NCc2cc(F)ccc2F)CCCC1.I. The van der Waals surface area contributed by atoms with Crippen molar-refractivity contribution in [3.63, 3.8) is 0 Å². The molecule has 2 rings (SSSR count). The second-order valence-corrected chi connectivity index (χ2v) is 6.67. The molecule has 0 aromatic heterocycles. The lowest BCUT2D eigenvalue weighted by molar-refractivity contribution is 0.105. The number of nitrogens with zero attached hydrogens (tertiary/aromatic N) is 1. The van der Waals surface area contributed by atoms with Crippen LogP contribution in [-0.2, 0) is 11.3 Å². The highest BCUT2D eigenvalue weighted by molar-refractivity contribution is 14.0. The van der Waals surface area contributed by atoms with E-state index >= 15 is 0 Å². The van der Waals surface area contributed by atoms with Gasteiger partial charge in [0.25, 0.3) is 0 Å². The Balaban J connectivity index is 0.00000338. The van der Waals surface area contributed by atoms with Gasteiger partial charge in [-0.3, -0.25) is 4.99 Å². The number of hydrogen-bond donors (Lipinski definition) is 2. The van der Waals surface area contributed by atoms with Crippen molar-refractivity contribution < 1.29 is 13.5 Å². The number of ether oxygens (including phenoxy) is 1. The summed E-state index contributed by atoms with van der Waals surface area (Å²) >= 11 is 0. The minimum absolute atomic E-state index is 0. The number of halogens is 3. The molecule has 4 nitrogen and oxygen atoms in total. The van der Waals surface area contributed by atoms with Crippen molar-refractivity contribution in [2.75, 3.05) is 26.8 Å². The van der Waals surface area contributed by atoms with Gasteiger partial charge in [0.05, 0.1) is 0 Å². The molecule has 0 radical (unpaired) electrons. The summed E-state index contributed by atoms with van der Waals surface area (Å²) in [6.45, 7) is 4.53. The van der Waals surface area contributed by atoms with Crippen LogP contribution in [-0.4, -0.2) is 32.8 Å². The van der Waals surface area contributed by atoms with Crippen LogP contribution >= 0.6 is 24.0 Å². The first-order valence-corrected chi connectivity index (χ1v) is 9.05. The van der Waals surface area contributed by atoms with Crippen molar-refractivity contribution >= 4 is 29.9 Å². The summed E-state index contributed by atoms with van der Waals surface area (Å²) in [7, 11) is 1.68. The molecule has 0 atom stereocenters. The molecule has 0 saturated heterocycles. The van der Waals surface area contributed by atoms with E-state index in [-0.39, 0.29) is 41.5 Å². The molecule has 1 aromatic rings. The maximum absolute atomic E-state index is 13.7. The Hall–Kier alpha value is -0.960. The van der Waals surface area contributed by atoms with Gasteiger partial charge in [-0.05, 0) is 49.8 Å². The Morgan fingerprint density at radius 2 is 1.96 bits per heavy atom. The fourth-order valence-electron chi connectivity index (χ4n) is 3.42. The van der Waals surface area contributed by atoms with Crippen molar-refractivity contribution in [1.29, 1.82) is 0 Å². The zero-order chi connectivity index (χ0) is 18.1. The molecule has 1 aliphatic carbocycles. The van der Waals surface area contributed by atoms with Crippen LogP contribution in [0.1, 0.15) is 44.6 Å². The second kappa shape index (κ2) is 11.7. The summed E-state index contributed by atoms with van der Waals surface area (Å²) in [5, 5.41) is 6.41. The lowest BCUT2D eigenvalue weighted by Gasteiger charge is -2.30. The van der Waals surface area contributed by atoms with Gasteiger partial charge in [0.15, 0.2) is 5.96 Å². The van der Waals surface area contributed by atoms with Crippen molar-refractivity contribution in [3.05, 3.63) is 35.4 Å². The van der Waals surface area contributed by atoms with E-state index in [4.69, 9.17) is 4.74 Å². The van der Waals surface area contributed by atoms with Gasteiger partial charge in [-0.1, -0.05) is 12.8 Å². The van der Waals surface area contributed by atoms with E-state index in [0.29, 0.717) is 5.96 Å². The largest absolute Gasteiger partial charge is 0.382 e. The van der Waals surface area contributed by atoms with Crippen LogP contribution in [0.15, 0.2) is 23.2 Å². The Morgan fingerprint density at radius 1 is 1.23 bits per heavy atom. The number of guanidine groups is 1. The molecule has 26 heavy (non-hydrogen) atoms. The standard InChI is InChI=1S/C19H29F2N3O.HI/c1-3-25-11-10-19(8-4-5-9-19)14-24-18(22-2)23-13-15-12-16(20)6-7-17(15)21;/h6-7,12H,3-5,8-11,13-14H2,1-2H3,(H2,22,23,24);1H. The molecule has 0 heterocycles. The second-order valence-electron chi connectivity index (χ2n) is 6.67. The third kappa shape index (κ3) is 6.98. The average Bonchev–Trinajstić information content (AvgIpc) is 3.07. The van der Waals surface area contributed by atoms with Crippen molar-refractivity contribution in [3.8, 4) is 0 Å². The van der Waals surface area contributed by atoms with Crippen LogP contribution < -0.4 is 10.6 Å². The Morgan fingerprint density at radius 3 is 2.62 bits per heavy atom. The number of rotatable bonds is 8. The Bertz CT molecular complexity index is 578. The van der Waals surface area contributed by atoms with Gasteiger partial charge in [0.1, 0.15) is 11.6 Å². The maximum Gasteiger partial charge on any atom is 0.191 e. The summed E-state index contributed by atoms with van der Waals surface area (Å²) in [5.41, 5.74) is 0.520. The zero-order valence-electron chi connectivity index (χ0n) is 15.6. The fraction of sp³-hybridized carbons (Fsp3) is 0.632. The van der Waals surface area contributed by atoms with Crippen LogP contribution in [0.5, 0.6) is 0 Å². The lowest BCUT2D eigenvalue weighted by Crippen LogP contribution is -2.43. The molecule has 0 amide bonds. The minimum Gasteiger partial charge on any atom is -0.382 e. The van der Waals surface area contributed by atoms with Crippen molar-refractivity contribution in [1.82, 2.24) is 10.6 Å². The smallest absolute Gasteiger partial charge is 0.191 e. The molecule has 0 unspecified atom stereocenters. The highest BCUT2D eigenvalue weighted by Gasteiger charge is 2.33. The van der Waals surface area contributed by atoms with E-state index in [1.807, 2.05) is 6.92 Å². The van der Waals surface area contributed by atoms with Gasteiger partial charge in [-0.2, -0.15) is 0 Å². The van der Waals surface area contributed by atoms with Crippen LogP contribution in [0.25, 0.3) is 0 Å². The predicted octanol–water partition coefficient (Wildman–Crippen LogP) is 4.23. The summed E-state index contributed by atoms with van der Waals surface area (Å²) in [6.07, 6.45) is 5.89. The first-order valence-electron chi connectivity index (χ1n) is 9.05. The van der Waals surface area contributed by atoms with Gasteiger partial charge < -0.3 is 15.4 Å². The van der Waals surface area contributed by atoms with Gasteiger partial charge in [0, 0.05) is 38.9 Å². The van der Waals surface area contributed by atoms with E-state index in [1.54, 1.807) is 7.05 Å². The van der Waals surface area contributed by atoms with E-state index < -0.39 is 11.6 Å². The molecule has 2 N–H and O–H groups in total. The summed E-state index contributed by atoms with van der Waals surface area (Å²) in [4.78, 5) is 4.19. The predicted molar refractivity (Wildman–Crippen MR) is 112 cm³/mol. The fourth-order valence-corrected chi connectivity index (χ4v) is 3.42. The van der Waals surface area contributed by atoms with Crippen molar-refractivity contribution in [2.45, 2.75) is 45.6 Å². The van der Waals surface area contributed by atoms with Gasteiger partial charge in [-0.25, -0.2) is 8.78 Å². The van der Waals surface area contributed by atoms with Crippen molar-refractivity contribution in [2.24, 2.45) is 10.4 Å². The molecule has 1 aliphatic rings. The molecule has 1 aromatic carbocycles. The molecule has 148 valence electrons. The number of aliphatic imine (C=N–C) groups is 1. The molecule has 0 aliphatic heterocycles. The summed E-state index contributed by atoms with van der Waals surface area (Å²) in [5.74, 6) is -0.262.